The van der Waals surface area contributed by atoms with Gasteiger partial charge in [-0.1, -0.05) is 30.3 Å². The van der Waals surface area contributed by atoms with Crippen molar-refractivity contribution in [3.63, 3.8) is 0 Å². The summed E-state index contributed by atoms with van der Waals surface area (Å²) in [6.45, 7) is 0.186. The van der Waals surface area contributed by atoms with Crippen LogP contribution < -0.4 is 4.90 Å². The summed E-state index contributed by atoms with van der Waals surface area (Å²) in [4.78, 5) is 27.0. The molecule has 1 aliphatic heterocycles. The maximum Gasteiger partial charge on any atom is 0.332 e. The molecule has 0 aromatic heterocycles. The zero-order valence-corrected chi connectivity index (χ0v) is 11.2. The first-order valence-electron chi connectivity index (χ1n) is 6.56. The number of para-hydroxylation sites is 1. The second-order valence-corrected chi connectivity index (χ2v) is 4.81. The Balaban J connectivity index is 1.79. The molecule has 0 spiro atoms. The second kappa shape index (κ2) is 5.36. The van der Waals surface area contributed by atoms with Gasteiger partial charge in [0.2, 0.25) is 0 Å². The number of nitrogens with zero attached hydrogens (tertiary/aromatic N) is 2. The molecule has 4 nitrogen and oxygen atoms in total. The van der Waals surface area contributed by atoms with E-state index in [2.05, 4.69) is 0 Å². The van der Waals surface area contributed by atoms with Gasteiger partial charge in [0, 0.05) is 5.69 Å². The Kier molecular flexibility index (Phi) is 3.39. The van der Waals surface area contributed by atoms with E-state index in [1.54, 1.807) is 24.3 Å². The van der Waals surface area contributed by atoms with Crippen LogP contribution in [0.3, 0.4) is 0 Å². The lowest BCUT2D eigenvalue weighted by molar-refractivity contribution is -0.125. The number of halogens is 1. The number of urea groups is 1. The molecule has 1 aliphatic rings. The van der Waals surface area contributed by atoms with Crippen LogP contribution in [-0.4, -0.2) is 23.4 Å². The number of carbonyl (C=O) groups excluding carboxylic acids is 2. The van der Waals surface area contributed by atoms with E-state index >= 15 is 0 Å². The van der Waals surface area contributed by atoms with E-state index in [0.29, 0.717) is 11.3 Å². The van der Waals surface area contributed by atoms with Crippen LogP contribution in [0.5, 0.6) is 0 Å². The van der Waals surface area contributed by atoms with E-state index in [1.807, 2.05) is 18.2 Å². The number of carbonyl (C=O) groups is 2. The summed E-state index contributed by atoms with van der Waals surface area (Å²) in [6, 6.07) is 14.5. The van der Waals surface area contributed by atoms with Crippen molar-refractivity contribution < 1.29 is 14.0 Å². The number of anilines is 1. The van der Waals surface area contributed by atoms with E-state index in [1.165, 1.54) is 21.9 Å². The van der Waals surface area contributed by atoms with Gasteiger partial charge in [-0.15, -0.1) is 0 Å². The normalized spacial score (nSPS) is 14.9. The number of hydrogen-bond donors (Lipinski definition) is 0. The Morgan fingerprint density at radius 3 is 2.29 bits per heavy atom. The molecule has 2 aromatic carbocycles. The van der Waals surface area contributed by atoms with Gasteiger partial charge in [0.25, 0.3) is 5.91 Å². The minimum absolute atomic E-state index is 0.0318. The van der Waals surface area contributed by atoms with E-state index in [0.717, 1.165) is 0 Å². The maximum absolute atomic E-state index is 12.9. The topological polar surface area (TPSA) is 40.6 Å². The monoisotopic (exact) mass is 284 g/mol. The lowest BCUT2D eigenvalue weighted by Crippen LogP contribution is -2.32. The van der Waals surface area contributed by atoms with Gasteiger partial charge in [0.15, 0.2) is 0 Å². The number of imide groups is 1. The average Bonchev–Trinajstić information content (AvgIpc) is 2.78. The highest BCUT2D eigenvalue weighted by atomic mass is 19.1. The highest BCUT2D eigenvalue weighted by molar-refractivity contribution is 6.12. The number of benzene rings is 2. The Bertz CT molecular complexity index is 670. The van der Waals surface area contributed by atoms with Crippen molar-refractivity contribution in [1.29, 1.82) is 0 Å². The molecule has 1 fully saturated rings. The quantitative estimate of drug-likeness (QED) is 0.813. The van der Waals surface area contributed by atoms with Crippen LogP contribution in [-0.2, 0) is 11.3 Å². The minimum atomic E-state index is -0.351. The fraction of sp³-hybridized carbons (Fsp3) is 0.125. The molecule has 5 heteroatoms. The van der Waals surface area contributed by atoms with Gasteiger partial charge < -0.3 is 0 Å². The van der Waals surface area contributed by atoms with Crippen molar-refractivity contribution in [2.45, 2.75) is 6.54 Å². The van der Waals surface area contributed by atoms with Crippen LogP contribution in [0.4, 0.5) is 14.9 Å². The van der Waals surface area contributed by atoms with E-state index in [4.69, 9.17) is 0 Å². The molecule has 0 aliphatic carbocycles. The lowest BCUT2D eigenvalue weighted by Gasteiger charge is -2.17. The van der Waals surface area contributed by atoms with Crippen molar-refractivity contribution in [2.24, 2.45) is 0 Å². The van der Waals surface area contributed by atoms with E-state index < -0.39 is 0 Å². The smallest absolute Gasteiger partial charge is 0.285 e. The predicted octanol–water partition coefficient (Wildman–Crippen LogP) is 2.79. The number of rotatable bonds is 3. The lowest BCUT2D eigenvalue weighted by atomic mass is 10.2. The molecule has 2 aromatic rings. The highest BCUT2D eigenvalue weighted by Crippen LogP contribution is 2.22. The maximum atomic E-state index is 12.9. The summed E-state index contributed by atoms with van der Waals surface area (Å²) in [7, 11) is 0. The molecular formula is C16H13FN2O2. The summed E-state index contributed by atoms with van der Waals surface area (Å²) in [5.41, 5.74) is 1.41. The molecule has 3 amide bonds. The van der Waals surface area contributed by atoms with Crippen molar-refractivity contribution in [1.82, 2.24) is 4.90 Å². The van der Waals surface area contributed by atoms with E-state index in [9.17, 15) is 14.0 Å². The van der Waals surface area contributed by atoms with Crippen molar-refractivity contribution in [3.05, 3.63) is 66.0 Å². The molecule has 1 saturated heterocycles. The minimum Gasteiger partial charge on any atom is -0.285 e. The van der Waals surface area contributed by atoms with Gasteiger partial charge in [0.1, 0.15) is 12.4 Å². The molecule has 0 saturated carbocycles. The molecule has 21 heavy (non-hydrogen) atoms. The van der Waals surface area contributed by atoms with Crippen molar-refractivity contribution >= 4 is 17.6 Å². The van der Waals surface area contributed by atoms with Crippen LogP contribution in [0.2, 0.25) is 0 Å². The van der Waals surface area contributed by atoms with Crippen LogP contribution in [0.15, 0.2) is 54.6 Å². The third-order valence-electron chi connectivity index (χ3n) is 3.38. The molecule has 0 bridgehead atoms. The Morgan fingerprint density at radius 1 is 0.952 bits per heavy atom. The fourth-order valence-electron chi connectivity index (χ4n) is 2.28. The summed E-state index contributed by atoms with van der Waals surface area (Å²) < 4.78 is 12.9. The zero-order chi connectivity index (χ0) is 14.8. The molecule has 3 rings (SSSR count). The van der Waals surface area contributed by atoms with Gasteiger partial charge >= 0.3 is 6.03 Å². The number of hydrogen-bond acceptors (Lipinski definition) is 2. The summed E-state index contributed by atoms with van der Waals surface area (Å²) in [5, 5.41) is 0. The first kappa shape index (κ1) is 13.3. The first-order chi connectivity index (χ1) is 10.1. The van der Waals surface area contributed by atoms with Gasteiger partial charge in [-0.3, -0.25) is 14.6 Å². The first-order valence-corrected chi connectivity index (χ1v) is 6.56. The molecule has 0 radical (unpaired) electrons. The molecule has 106 valence electrons. The molecule has 0 unspecified atom stereocenters. The summed E-state index contributed by atoms with van der Waals surface area (Å²) in [5.74, 6) is -0.600. The summed E-state index contributed by atoms with van der Waals surface area (Å²) in [6.07, 6.45) is 0. The largest absolute Gasteiger partial charge is 0.332 e. The summed E-state index contributed by atoms with van der Waals surface area (Å²) >= 11 is 0. The molecule has 1 heterocycles. The second-order valence-electron chi connectivity index (χ2n) is 4.81. The van der Waals surface area contributed by atoms with E-state index in [-0.39, 0.29) is 30.8 Å². The Morgan fingerprint density at radius 2 is 1.62 bits per heavy atom. The standard InChI is InChI=1S/C16H13FN2O2/c17-13-8-6-12(7-9-13)10-19-15(20)11-18(16(19)21)14-4-2-1-3-5-14/h1-9H,10-11H2. The molecule has 0 atom stereocenters. The van der Waals surface area contributed by atoms with Gasteiger partial charge in [0.05, 0.1) is 6.54 Å². The average molecular weight is 284 g/mol. The van der Waals surface area contributed by atoms with Crippen LogP contribution >= 0.6 is 0 Å². The third kappa shape index (κ3) is 2.63. The van der Waals surface area contributed by atoms with Crippen molar-refractivity contribution in [3.8, 4) is 0 Å². The fourth-order valence-corrected chi connectivity index (χ4v) is 2.28. The Hall–Kier alpha value is -2.69. The predicted molar refractivity (Wildman–Crippen MR) is 76.1 cm³/mol. The highest BCUT2D eigenvalue weighted by Gasteiger charge is 2.36. The third-order valence-corrected chi connectivity index (χ3v) is 3.38. The van der Waals surface area contributed by atoms with Crippen LogP contribution in [0.1, 0.15) is 5.56 Å². The molecule has 0 N–H and O–H groups in total. The molecular weight excluding hydrogens is 271 g/mol. The van der Waals surface area contributed by atoms with Crippen molar-refractivity contribution in [2.75, 3.05) is 11.4 Å². The van der Waals surface area contributed by atoms with Gasteiger partial charge in [-0.05, 0) is 29.8 Å². The van der Waals surface area contributed by atoms with Crippen LogP contribution in [0, 0.1) is 5.82 Å². The SMILES string of the molecule is O=C1CN(c2ccccc2)C(=O)N1Cc1ccc(F)cc1. The number of amides is 3. The zero-order valence-electron chi connectivity index (χ0n) is 11.2. The Labute approximate surface area is 121 Å². The van der Waals surface area contributed by atoms with Gasteiger partial charge in [-0.25, -0.2) is 9.18 Å². The van der Waals surface area contributed by atoms with Gasteiger partial charge in [-0.2, -0.15) is 0 Å². The van der Waals surface area contributed by atoms with Crippen LogP contribution in [0.25, 0.3) is 0 Å².